The average molecular weight is 207 g/mol. The number of rotatable bonds is 3. The van der Waals surface area contributed by atoms with Crippen LogP contribution in [0.5, 0.6) is 0 Å². The normalized spacial score (nSPS) is 18.3. The molecular formula is C13H18FN. The molecule has 0 unspecified atom stereocenters. The molecule has 0 N–H and O–H groups in total. The summed E-state index contributed by atoms with van der Waals surface area (Å²) in [5, 5.41) is 1.02. The fraction of sp³-hybridized carbons (Fsp3) is 0.538. The third kappa shape index (κ3) is 3.03. The maximum Gasteiger partial charge on any atom is 0.0544 e. The lowest BCUT2D eigenvalue weighted by Crippen LogP contribution is -2.29. The Labute approximate surface area is 90.8 Å². The van der Waals surface area contributed by atoms with Crippen molar-refractivity contribution in [3.05, 3.63) is 35.9 Å². The average Bonchev–Trinajstić information content (AvgIpc) is 2.31. The molecule has 1 aliphatic carbocycles. The monoisotopic (exact) mass is 207 g/mol. The van der Waals surface area contributed by atoms with Crippen molar-refractivity contribution in [1.82, 2.24) is 5.12 Å². The van der Waals surface area contributed by atoms with E-state index in [1.807, 2.05) is 30.3 Å². The van der Waals surface area contributed by atoms with Crippen molar-refractivity contribution in [2.75, 3.05) is 0 Å². The van der Waals surface area contributed by atoms with Crippen LogP contribution in [0.1, 0.15) is 37.7 Å². The molecule has 1 aromatic rings. The summed E-state index contributed by atoms with van der Waals surface area (Å²) in [7, 11) is 0. The first-order valence-corrected chi connectivity index (χ1v) is 5.82. The second-order valence-electron chi connectivity index (χ2n) is 4.34. The van der Waals surface area contributed by atoms with Crippen LogP contribution in [0.25, 0.3) is 0 Å². The molecule has 1 fully saturated rings. The van der Waals surface area contributed by atoms with Crippen LogP contribution in [0.3, 0.4) is 0 Å². The zero-order valence-corrected chi connectivity index (χ0v) is 9.03. The zero-order chi connectivity index (χ0) is 10.5. The Morgan fingerprint density at radius 2 is 1.73 bits per heavy atom. The number of hydrogen-bond acceptors (Lipinski definition) is 1. The van der Waals surface area contributed by atoms with E-state index in [4.69, 9.17) is 0 Å². The summed E-state index contributed by atoms with van der Waals surface area (Å²) >= 11 is 0. The van der Waals surface area contributed by atoms with Crippen LogP contribution in [0.4, 0.5) is 4.48 Å². The van der Waals surface area contributed by atoms with Gasteiger partial charge >= 0.3 is 0 Å². The van der Waals surface area contributed by atoms with E-state index >= 15 is 0 Å². The molecule has 82 valence electrons. The summed E-state index contributed by atoms with van der Waals surface area (Å²) in [5.41, 5.74) is 1.06. The minimum atomic E-state index is 0.152. The highest BCUT2D eigenvalue weighted by Gasteiger charge is 2.20. The van der Waals surface area contributed by atoms with Crippen molar-refractivity contribution in [2.45, 2.75) is 44.7 Å². The number of nitrogens with zero attached hydrogens (tertiary/aromatic N) is 1. The molecule has 1 nitrogen and oxygen atoms in total. The van der Waals surface area contributed by atoms with Crippen LogP contribution < -0.4 is 0 Å². The van der Waals surface area contributed by atoms with Crippen molar-refractivity contribution in [3.63, 3.8) is 0 Å². The molecule has 0 bridgehead atoms. The van der Waals surface area contributed by atoms with Crippen molar-refractivity contribution in [1.29, 1.82) is 0 Å². The Kier molecular flexibility index (Phi) is 3.73. The van der Waals surface area contributed by atoms with Gasteiger partial charge in [-0.25, -0.2) is 0 Å². The highest BCUT2D eigenvalue weighted by molar-refractivity contribution is 5.14. The van der Waals surface area contributed by atoms with Crippen molar-refractivity contribution < 1.29 is 4.48 Å². The molecular weight excluding hydrogens is 189 g/mol. The quantitative estimate of drug-likeness (QED) is 0.683. The minimum Gasteiger partial charge on any atom is -0.139 e. The molecule has 0 atom stereocenters. The topological polar surface area (TPSA) is 3.24 Å². The van der Waals surface area contributed by atoms with E-state index in [0.717, 1.165) is 23.5 Å². The van der Waals surface area contributed by atoms with Gasteiger partial charge in [0.15, 0.2) is 0 Å². The molecule has 0 saturated heterocycles. The molecule has 0 heterocycles. The van der Waals surface area contributed by atoms with Gasteiger partial charge in [0.25, 0.3) is 0 Å². The van der Waals surface area contributed by atoms with Gasteiger partial charge in [0.2, 0.25) is 0 Å². The zero-order valence-electron chi connectivity index (χ0n) is 9.03. The molecule has 0 aliphatic heterocycles. The Balaban J connectivity index is 1.88. The smallest absolute Gasteiger partial charge is 0.0544 e. The summed E-state index contributed by atoms with van der Waals surface area (Å²) in [5.74, 6) is 0. The fourth-order valence-corrected chi connectivity index (χ4v) is 2.25. The third-order valence-corrected chi connectivity index (χ3v) is 3.15. The molecule has 1 saturated carbocycles. The van der Waals surface area contributed by atoms with E-state index in [1.165, 1.54) is 19.3 Å². The minimum absolute atomic E-state index is 0.152. The Morgan fingerprint density at radius 1 is 1.07 bits per heavy atom. The highest BCUT2D eigenvalue weighted by atomic mass is 19.2. The van der Waals surface area contributed by atoms with Gasteiger partial charge in [0, 0.05) is 6.04 Å². The predicted molar refractivity (Wildman–Crippen MR) is 60.0 cm³/mol. The van der Waals surface area contributed by atoms with Gasteiger partial charge in [-0.05, 0) is 18.4 Å². The summed E-state index contributed by atoms with van der Waals surface area (Å²) < 4.78 is 13.8. The SMILES string of the molecule is FN(Cc1ccccc1)C1CCCCC1. The Bertz CT molecular complexity index is 280. The number of hydrogen-bond donors (Lipinski definition) is 0. The van der Waals surface area contributed by atoms with E-state index in [2.05, 4.69) is 0 Å². The second kappa shape index (κ2) is 5.26. The molecule has 0 spiro atoms. The third-order valence-electron chi connectivity index (χ3n) is 3.15. The molecule has 2 heteroatoms. The van der Waals surface area contributed by atoms with Crippen LogP contribution in [-0.2, 0) is 6.54 Å². The van der Waals surface area contributed by atoms with Crippen molar-refractivity contribution in [3.8, 4) is 0 Å². The predicted octanol–water partition coefficient (Wildman–Crippen LogP) is 3.71. The summed E-state index contributed by atoms with van der Waals surface area (Å²) in [4.78, 5) is 0. The van der Waals surface area contributed by atoms with E-state index in [0.29, 0.717) is 6.54 Å². The molecule has 1 aromatic carbocycles. The standard InChI is InChI=1S/C13H18FN/c14-15(13-9-5-2-6-10-13)11-12-7-3-1-4-8-12/h1,3-4,7-8,13H,2,5-6,9-11H2. The summed E-state index contributed by atoms with van der Waals surface area (Å²) in [6, 6.07) is 10.0. The Hall–Kier alpha value is -0.890. The van der Waals surface area contributed by atoms with E-state index in [1.54, 1.807) is 0 Å². The summed E-state index contributed by atoms with van der Waals surface area (Å²) in [6.45, 7) is 0.436. The maximum absolute atomic E-state index is 13.8. The van der Waals surface area contributed by atoms with Gasteiger partial charge in [-0.1, -0.05) is 49.6 Å². The van der Waals surface area contributed by atoms with E-state index in [-0.39, 0.29) is 6.04 Å². The van der Waals surface area contributed by atoms with Crippen LogP contribution in [0.2, 0.25) is 0 Å². The first kappa shape index (κ1) is 10.6. The molecule has 1 aliphatic rings. The van der Waals surface area contributed by atoms with E-state index < -0.39 is 0 Å². The first-order chi connectivity index (χ1) is 7.36. The highest BCUT2D eigenvalue weighted by Crippen LogP contribution is 2.24. The summed E-state index contributed by atoms with van der Waals surface area (Å²) in [6.07, 6.45) is 5.67. The van der Waals surface area contributed by atoms with Gasteiger partial charge in [-0.15, -0.1) is 9.60 Å². The van der Waals surface area contributed by atoms with Crippen molar-refractivity contribution in [2.24, 2.45) is 0 Å². The van der Waals surface area contributed by atoms with Gasteiger partial charge in [-0.3, -0.25) is 0 Å². The largest absolute Gasteiger partial charge is 0.139 e. The van der Waals surface area contributed by atoms with Crippen LogP contribution in [-0.4, -0.2) is 11.2 Å². The molecule has 0 amide bonds. The molecule has 0 radical (unpaired) electrons. The molecule has 15 heavy (non-hydrogen) atoms. The van der Waals surface area contributed by atoms with Crippen molar-refractivity contribution >= 4 is 0 Å². The number of benzene rings is 1. The van der Waals surface area contributed by atoms with E-state index in [9.17, 15) is 4.48 Å². The fourth-order valence-electron chi connectivity index (χ4n) is 2.25. The van der Waals surface area contributed by atoms with Gasteiger partial charge in [0.1, 0.15) is 0 Å². The Morgan fingerprint density at radius 3 is 2.40 bits per heavy atom. The maximum atomic E-state index is 13.8. The van der Waals surface area contributed by atoms with Gasteiger partial charge in [0.05, 0.1) is 6.54 Å². The number of halogens is 1. The molecule has 2 rings (SSSR count). The van der Waals surface area contributed by atoms with Gasteiger partial charge < -0.3 is 0 Å². The molecule has 0 aromatic heterocycles. The van der Waals surface area contributed by atoms with Crippen LogP contribution in [0, 0.1) is 0 Å². The van der Waals surface area contributed by atoms with Crippen LogP contribution >= 0.6 is 0 Å². The van der Waals surface area contributed by atoms with Gasteiger partial charge in [-0.2, -0.15) is 0 Å². The lowest BCUT2D eigenvalue weighted by atomic mass is 9.95. The lowest BCUT2D eigenvalue weighted by Gasteiger charge is -2.27. The lowest BCUT2D eigenvalue weighted by molar-refractivity contribution is -0.0445. The second-order valence-corrected chi connectivity index (χ2v) is 4.34. The van der Waals surface area contributed by atoms with Crippen LogP contribution in [0.15, 0.2) is 30.3 Å². The first-order valence-electron chi connectivity index (χ1n) is 5.82.